The predicted octanol–water partition coefficient (Wildman–Crippen LogP) is 5.01. The third-order valence-electron chi connectivity index (χ3n) is 4.81. The van der Waals surface area contributed by atoms with Crippen molar-refractivity contribution in [1.29, 1.82) is 5.26 Å². The van der Waals surface area contributed by atoms with E-state index < -0.39 is 17.6 Å². The Labute approximate surface area is 195 Å². The first-order valence-corrected chi connectivity index (χ1v) is 10.9. The predicted molar refractivity (Wildman–Crippen MR) is 123 cm³/mol. The van der Waals surface area contributed by atoms with E-state index in [9.17, 15) is 22.8 Å². The number of rotatable bonds is 5. The number of benzene rings is 3. The molecule has 34 heavy (non-hydrogen) atoms. The maximum atomic E-state index is 13.2. The van der Waals surface area contributed by atoms with Crippen molar-refractivity contribution in [3.05, 3.63) is 94.3 Å². The van der Waals surface area contributed by atoms with Gasteiger partial charge in [0.25, 0.3) is 5.56 Å². The third kappa shape index (κ3) is 4.94. The molecule has 0 aliphatic heterocycles. The highest BCUT2D eigenvalue weighted by molar-refractivity contribution is 7.99. The van der Waals surface area contributed by atoms with Crippen molar-refractivity contribution in [3.63, 3.8) is 0 Å². The number of carbonyl (C=O) groups excluding carboxylic acids is 1. The number of carbonyl (C=O) groups is 1. The first kappa shape index (κ1) is 23.1. The fourth-order valence-electron chi connectivity index (χ4n) is 3.22. The van der Waals surface area contributed by atoms with E-state index in [2.05, 4.69) is 10.3 Å². The highest BCUT2D eigenvalue weighted by atomic mass is 32.2. The normalized spacial score (nSPS) is 11.2. The van der Waals surface area contributed by atoms with Gasteiger partial charge in [-0.3, -0.25) is 14.2 Å². The summed E-state index contributed by atoms with van der Waals surface area (Å²) in [7, 11) is 0. The van der Waals surface area contributed by atoms with Gasteiger partial charge >= 0.3 is 6.18 Å². The SMILES string of the molecule is N#Cc1ccc(-n2c(SCC(=O)Nc3cccc(C(F)(F)F)c3)nc3ccccc3c2=O)cc1. The van der Waals surface area contributed by atoms with Gasteiger partial charge in [0.2, 0.25) is 5.91 Å². The molecule has 0 unspecified atom stereocenters. The van der Waals surface area contributed by atoms with E-state index in [0.29, 0.717) is 22.2 Å². The fourth-order valence-corrected chi connectivity index (χ4v) is 4.04. The van der Waals surface area contributed by atoms with E-state index in [1.807, 2.05) is 6.07 Å². The number of fused-ring (bicyclic) bond motifs is 1. The molecule has 0 spiro atoms. The molecule has 6 nitrogen and oxygen atoms in total. The van der Waals surface area contributed by atoms with Crippen molar-refractivity contribution < 1.29 is 18.0 Å². The van der Waals surface area contributed by atoms with E-state index in [0.717, 1.165) is 23.9 Å². The zero-order valence-corrected chi connectivity index (χ0v) is 18.2. The van der Waals surface area contributed by atoms with Crippen molar-refractivity contribution in [2.45, 2.75) is 11.3 Å². The first-order valence-electron chi connectivity index (χ1n) is 9.88. The van der Waals surface area contributed by atoms with E-state index in [1.54, 1.807) is 48.5 Å². The minimum Gasteiger partial charge on any atom is -0.325 e. The number of nitrogens with zero attached hydrogens (tertiary/aromatic N) is 3. The number of alkyl halides is 3. The number of thioether (sulfide) groups is 1. The molecule has 0 aliphatic rings. The number of anilines is 1. The highest BCUT2D eigenvalue weighted by Gasteiger charge is 2.30. The van der Waals surface area contributed by atoms with Crippen molar-refractivity contribution >= 4 is 34.3 Å². The lowest BCUT2D eigenvalue weighted by Gasteiger charge is -2.13. The number of para-hydroxylation sites is 1. The molecule has 1 aromatic heterocycles. The van der Waals surface area contributed by atoms with Crippen LogP contribution in [0.3, 0.4) is 0 Å². The molecule has 0 fully saturated rings. The van der Waals surface area contributed by atoms with Crippen LogP contribution in [-0.2, 0) is 11.0 Å². The van der Waals surface area contributed by atoms with Gasteiger partial charge in [0.15, 0.2) is 5.16 Å². The average Bonchev–Trinajstić information content (AvgIpc) is 2.83. The number of hydrogen-bond acceptors (Lipinski definition) is 5. The van der Waals surface area contributed by atoms with Crippen LogP contribution >= 0.6 is 11.8 Å². The lowest BCUT2D eigenvalue weighted by molar-refractivity contribution is -0.137. The quantitative estimate of drug-likeness (QED) is 0.321. The summed E-state index contributed by atoms with van der Waals surface area (Å²) in [4.78, 5) is 30.2. The number of hydrogen-bond donors (Lipinski definition) is 1. The average molecular weight is 480 g/mol. The lowest BCUT2D eigenvalue weighted by atomic mass is 10.2. The van der Waals surface area contributed by atoms with Crippen molar-refractivity contribution in [2.24, 2.45) is 0 Å². The van der Waals surface area contributed by atoms with Crippen molar-refractivity contribution in [3.8, 4) is 11.8 Å². The third-order valence-corrected chi connectivity index (χ3v) is 5.74. The summed E-state index contributed by atoms with van der Waals surface area (Å²) >= 11 is 0.971. The molecule has 1 N–H and O–H groups in total. The fraction of sp³-hybridized carbons (Fsp3) is 0.0833. The Hall–Kier alpha value is -4.10. The van der Waals surface area contributed by atoms with Gasteiger partial charge in [-0.1, -0.05) is 30.0 Å². The molecule has 0 saturated carbocycles. The van der Waals surface area contributed by atoms with Gasteiger partial charge in [0, 0.05) is 5.69 Å². The second-order valence-corrected chi connectivity index (χ2v) is 8.07. The summed E-state index contributed by atoms with van der Waals surface area (Å²) < 4.78 is 40.1. The molecule has 10 heteroatoms. The molecule has 170 valence electrons. The van der Waals surface area contributed by atoms with Crippen molar-refractivity contribution in [1.82, 2.24) is 9.55 Å². The highest BCUT2D eigenvalue weighted by Crippen LogP contribution is 2.30. The van der Waals surface area contributed by atoms with Crippen LogP contribution in [0.25, 0.3) is 16.6 Å². The Kier molecular flexibility index (Phi) is 6.38. The minimum atomic E-state index is -4.53. The summed E-state index contributed by atoms with van der Waals surface area (Å²) in [5, 5.41) is 12.1. The molecular formula is C24H15F3N4O2S. The first-order chi connectivity index (χ1) is 16.3. The van der Waals surface area contributed by atoms with Crippen LogP contribution in [0.1, 0.15) is 11.1 Å². The van der Waals surface area contributed by atoms with Gasteiger partial charge in [-0.2, -0.15) is 18.4 Å². The largest absolute Gasteiger partial charge is 0.416 e. The van der Waals surface area contributed by atoms with Crippen LogP contribution in [0.15, 0.2) is 82.7 Å². The zero-order valence-electron chi connectivity index (χ0n) is 17.3. The van der Waals surface area contributed by atoms with Crippen LogP contribution in [0.4, 0.5) is 18.9 Å². The molecule has 0 saturated heterocycles. The number of halogens is 3. The number of nitrogens with one attached hydrogen (secondary N) is 1. The topological polar surface area (TPSA) is 87.8 Å². The molecule has 1 amide bonds. The molecular weight excluding hydrogens is 465 g/mol. The summed E-state index contributed by atoms with van der Waals surface area (Å²) in [6.45, 7) is 0. The smallest absolute Gasteiger partial charge is 0.325 e. The van der Waals surface area contributed by atoms with Crippen LogP contribution < -0.4 is 10.9 Å². The van der Waals surface area contributed by atoms with E-state index in [4.69, 9.17) is 5.26 Å². The summed E-state index contributed by atoms with van der Waals surface area (Å²) in [6, 6.07) is 19.4. The van der Waals surface area contributed by atoms with Crippen LogP contribution in [0, 0.1) is 11.3 Å². The Bertz CT molecular complexity index is 1480. The van der Waals surface area contributed by atoms with E-state index in [-0.39, 0.29) is 22.2 Å². The maximum absolute atomic E-state index is 13.2. The summed E-state index contributed by atoms with van der Waals surface area (Å²) in [5.74, 6) is -0.754. The summed E-state index contributed by atoms with van der Waals surface area (Å²) in [5.41, 5.74) is 0.109. The minimum absolute atomic E-state index is 0.0105. The van der Waals surface area contributed by atoms with Gasteiger partial charge < -0.3 is 5.32 Å². The standard InChI is InChI=1S/C24H15F3N4O2S/c25-24(26,27)16-4-3-5-17(12-16)29-21(32)14-34-23-30-20-7-2-1-6-19(20)22(33)31(23)18-10-8-15(13-28)9-11-18/h1-12H,14H2,(H,29,32). The second kappa shape index (κ2) is 9.41. The zero-order chi connectivity index (χ0) is 24.3. The van der Waals surface area contributed by atoms with Gasteiger partial charge in [0.1, 0.15) is 0 Å². The molecule has 0 bridgehead atoms. The van der Waals surface area contributed by atoms with Gasteiger partial charge in [-0.25, -0.2) is 4.98 Å². The van der Waals surface area contributed by atoms with Crippen LogP contribution in [-0.4, -0.2) is 21.2 Å². The molecule has 4 aromatic rings. The number of aromatic nitrogens is 2. The summed E-state index contributed by atoms with van der Waals surface area (Å²) in [6.07, 6.45) is -4.53. The van der Waals surface area contributed by atoms with Gasteiger partial charge in [-0.05, 0) is 54.6 Å². The van der Waals surface area contributed by atoms with E-state index in [1.165, 1.54) is 16.7 Å². The Morgan fingerprint density at radius 1 is 1.06 bits per heavy atom. The number of nitriles is 1. The lowest BCUT2D eigenvalue weighted by Crippen LogP contribution is -2.23. The maximum Gasteiger partial charge on any atom is 0.416 e. The van der Waals surface area contributed by atoms with Crippen molar-refractivity contribution in [2.75, 3.05) is 11.1 Å². The molecule has 0 aliphatic carbocycles. The second-order valence-electron chi connectivity index (χ2n) is 7.13. The molecule has 3 aromatic carbocycles. The molecule has 1 heterocycles. The van der Waals surface area contributed by atoms with Gasteiger partial charge in [-0.15, -0.1) is 0 Å². The monoisotopic (exact) mass is 480 g/mol. The molecule has 0 atom stereocenters. The molecule has 0 radical (unpaired) electrons. The van der Waals surface area contributed by atoms with E-state index >= 15 is 0 Å². The van der Waals surface area contributed by atoms with Crippen LogP contribution in [0.2, 0.25) is 0 Å². The van der Waals surface area contributed by atoms with Crippen LogP contribution in [0.5, 0.6) is 0 Å². The Balaban J connectivity index is 1.63. The Morgan fingerprint density at radius 2 is 1.79 bits per heavy atom. The van der Waals surface area contributed by atoms with Gasteiger partial charge in [0.05, 0.1) is 39.5 Å². The molecule has 4 rings (SSSR count). The number of amides is 1. The Morgan fingerprint density at radius 3 is 2.50 bits per heavy atom.